The Morgan fingerprint density at radius 1 is 1.00 bits per heavy atom. The highest BCUT2D eigenvalue weighted by atomic mass is 35.5. The molecule has 2 heterocycles. The zero-order chi connectivity index (χ0) is 29.5. The molecule has 5 rings (SSSR count). The van der Waals surface area contributed by atoms with Crippen molar-refractivity contribution in [1.82, 2.24) is 35.5 Å². The van der Waals surface area contributed by atoms with Gasteiger partial charge in [-0.15, -0.1) is 10.2 Å². The van der Waals surface area contributed by atoms with Gasteiger partial charge in [-0.1, -0.05) is 104 Å². The number of carbonyl (C=O) groups is 1. The van der Waals surface area contributed by atoms with E-state index in [2.05, 4.69) is 61.7 Å². The Hall–Kier alpha value is -4.34. The van der Waals surface area contributed by atoms with Crippen molar-refractivity contribution in [1.29, 1.82) is 0 Å². The van der Waals surface area contributed by atoms with E-state index in [4.69, 9.17) is 21.3 Å². The number of tetrazole rings is 1. The molecule has 10 heteroatoms. The lowest BCUT2D eigenvalue weighted by atomic mass is 9.87. The summed E-state index contributed by atoms with van der Waals surface area (Å²) < 4.78 is 7.45. The monoisotopic (exact) mass is 583 g/mol. The maximum Gasteiger partial charge on any atom is 0.332 e. The summed E-state index contributed by atoms with van der Waals surface area (Å²) in [7, 11) is 3.16. The van der Waals surface area contributed by atoms with Crippen molar-refractivity contribution >= 4 is 17.6 Å². The molecule has 1 atom stereocenters. The number of aromatic nitrogens is 6. The van der Waals surface area contributed by atoms with E-state index in [-0.39, 0.29) is 0 Å². The summed E-state index contributed by atoms with van der Waals surface area (Å²) in [6.45, 7) is 2.62. The fourth-order valence-corrected chi connectivity index (χ4v) is 5.75. The number of nitrogens with one attached hydrogen (secondary N) is 2. The smallest absolute Gasteiger partial charge is 0.332 e. The average molecular weight is 584 g/mol. The third kappa shape index (κ3) is 5.84. The first-order valence-electron chi connectivity index (χ1n) is 14.0. The Labute approximate surface area is 250 Å². The molecule has 0 amide bonds. The van der Waals surface area contributed by atoms with Gasteiger partial charge in [0.05, 0.1) is 12.8 Å². The van der Waals surface area contributed by atoms with Crippen LogP contribution in [0.4, 0.5) is 0 Å². The number of hydrogen-bond donors (Lipinski definition) is 2. The number of aryl methyl sites for hydroxylation is 1. The predicted molar refractivity (Wildman–Crippen MR) is 163 cm³/mol. The lowest BCUT2D eigenvalue weighted by molar-refractivity contribution is -0.149. The fraction of sp³-hybridized carbons (Fsp3) is 0.281. The number of ether oxygens (including phenoxy) is 1. The topological polar surface area (TPSA) is 111 Å². The Morgan fingerprint density at radius 3 is 2.36 bits per heavy atom. The molecule has 216 valence electrons. The summed E-state index contributed by atoms with van der Waals surface area (Å²) in [5.74, 6) is 0.949. The lowest BCUT2D eigenvalue weighted by Crippen LogP contribution is -2.51. The first-order valence-corrected chi connectivity index (χ1v) is 14.4. The van der Waals surface area contributed by atoms with Gasteiger partial charge in [0.25, 0.3) is 0 Å². The van der Waals surface area contributed by atoms with Crippen molar-refractivity contribution in [3.63, 3.8) is 0 Å². The van der Waals surface area contributed by atoms with Crippen molar-refractivity contribution in [3.05, 3.63) is 107 Å². The molecular formula is C32H34ClN7O2. The van der Waals surface area contributed by atoms with Crippen molar-refractivity contribution in [2.75, 3.05) is 14.2 Å². The Morgan fingerprint density at radius 2 is 1.71 bits per heavy atom. The van der Waals surface area contributed by atoms with Crippen LogP contribution in [0.15, 0.2) is 78.9 Å². The number of benzene rings is 3. The number of aromatic amines is 1. The third-order valence-electron chi connectivity index (χ3n) is 7.55. The quantitative estimate of drug-likeness (QED) is 0.184. The summed E-state index contributed by atoms with van der Waals surface area (Å²) in [6.07, 6.45) is 3.04. The molecule has 5 aromatic rings. The Kier molecular flexibility index (Phi) is 9.09. The Balaban J connectivity index is 1.56. The predicted octanol–water partition coefficient (Wildman–Crippen LogP) is 5.60. The van der Waals surface area contributed by atoms with Gasteiger partial charge in [-0.3, -0.25) is 5.32 Å². The zero-order valence-corrected chi connectivity index (χ0v) is 24.7. The standard InChI is InChI=1S/C32H34ClN7O2/c1-4-5-15-27-35-29(33)28(32(34-2,31(41)42-3)20-22-11-7-6-8-12-22)40(27)21-23-16-18-24(19-17-23)25-13-9-10-14-26(25)30-36-38-39-37-30/h6-14,16-19,34H,4-5,15,20-21H2,1-3H3,(H,36,37,38,39)/t32-/m1/s1. The van der Waals surface area contributed by atoms with E-state index in [1.165, 1.54) is 7.11 Å². The summed E-state index contributed by atoms with van der Waals surface area (Å²) in [4.78, 5) is 18.4. The second-order valence-corrected chi connectivity index (χ2v) is 10.5. The van der Waals surface area contributed by atoms with Crippen LogP contribution < -0.4 is 5.32 Å². The minimum atomic E-state index is -1.24. The number of halogens is 1. The summed E-state index contributed by atoms with van der Waals surface area (Å²) in [5.41, 5.74) is 4.29. The third-order valence-corrected chi connectivity index (χ3v) is 7.82. The maximum atomic E-state index is 13.6. The molecule has 9 nitrogen and oxygen atoms in total. The highest BCUT2D eigenvalue weighted by molar-refractivity contribution is 6.30. The molecule has 0 fully saturated rings. The second kappa shape index (κ2) is 13.1. The minimum Gasteiger partial charge on any atom is -0.467 e. The van der Waals surface area contributed by atoms with Crippen LogP contribution in [0.3, 0.4) is 0 Å². The molecule has 0 aliphatic rings. The van der Waals surface area contributed by atoms with Gasteiger partial charge in [0.1, 0.15) is 5.82 Å². The SMILES string of the molecule is CCCCc1nc(Cl)c([C@@](Cc2ccccc2)(NC)C(=O)OC)n1Cc1ccc(-c2ccccc2-c2nn[nH]n2)cc1. The van der Waals surface area contributed by atoms with Gasteiger partial charge >= 0.3 is 5.97 Å². The number of unbranched alkanes of at least 4 members (excludes halogenated alkanes) is 1. The zero-order valence-electron chi connectivity index (χ0n) is 24.0. The number of rotatable bonds is 12. The molecule has 0 unspecified atom stereocenters. The van der Waals surface area contributed by atoms with E-state index >= 15 is 0 Å². The van der Waals surface area contributed by atoms with E-state index in [0.29, 0.717) is 29.6 Å². The van der Waals surface area contributed by atoms with Crippen molar-refractivity contribution in [2.45, 2.75) is 44.7 Å². The van der Waals surface area contributed by atoms with Crippen LogP contribution in [0, 0.1) is 0 Å². The van der Waals surface area contributed by atoms with E-state index in [0.717, 1.165) is 52.9 Å². The van der Waals surface area contributed by atoms with Gasteiger partial charge < -0.3 is 9.30 Å². The molecule has 0 spiro atoms. The van der Waals surface area contributed by atoms with Crippen LogP contribution in [0.25, 0.3) is 22.5 Å². The van der Waals surface area contributed by atoms with Crippen LogP contribution in [0.1, 0.15) is 42.4 Å². The number of carbonyl (C=O) groups excluding carboxylic acids is 1. The van der Waals surface area contributed by atoms with E-state index < -0.39 is 11.5 Å². The first kappa shape index (κ1) is 29.2. The number of hydrogen-bond acceptors (Lipinski definition) is 7. The molecule has 0 saturated heterocycles. The molecule has 0 saturated carbocycles. The molecule has 0 radical (unpaired) electrons. The fourth-order valence-electron chi connectivity index (χ4n) is 5.39. The molecule has 3 aromatic carbocycles. The van der Waals surface area contributed by atoms with Crippen molar-refractivity contribution in [2.24, 2.45) is 0 Å². The number of methoxy groups -OCH3 is 1. The molecule has 42 heavy (non-hydrogen) atoms. The van der Waals surface area contributed by atoms with Gasteiger partial charge in [-0.05, 0) is 40.9 Å². The highest BCUT2D eigenvalue weighted by Crippen LogP contribution is 2.35. The molecule has 0 aliphatic heterocycles. The van der Waals surface area contributed by atoms with Crippen LogP contribution in [0.2, 0.25) is 5.15 Å². The van der Waals surface area contributed by atoms with E-state index in [1.54, 1.807) is 7.05 Å². The van der Waals surface area contributed by atoms with Crippen LogP contribution in [-0.2, 0) is 34.5 Å². The average Bonchev–Trinajstić information content (AvgIpc) is 3.68. The summed E-state index contributed by atoms with van der Waals surface area (Å²) in [5, 5.41) is 18.1. The first-order chi connectivity index (χ1) is 20.5. The molecule has 0 aliphatic carbocycles. The van der Waals surface area contributed by atoms with Crippen LogP contribution >= 0.6 is 11.6 Å². The number of likely N-dealkylation sites (N-methyl/N-ethyl adjacent to an activating group) is 1. The number of imidazole rings is 1. The van der Waals surface area contributed by atoms with Gasteiger partial charge in [0, 0.05) is 24.9 Å². The molecule has 2 N–H and O–H groups in total. The van der Waals surface area contributed by atoms with E-state index in [9.17, 15) is 4.79 Å². The second-order valence-electron chi connectivity index (χ2n) is 10.1. The Bertz CT molecular complexity index is 1620. The normalized spacial score (nSPS) is 12.7. The summed E-state index contributed by atoms with van der Waals surface area (Å²) in [6, 6.07) is 26.1. The van der Waals surface area contributed by atoms with Crippen LogP contribution in [-0.4, -0.2) is 50.3 Å². The van der Waals surface area contributed by atoms with Gasteiger partial charge in [-0.25, -0.2) is 9.78 Å². The largest absolute Gasteiger partial charge is 0.467 e. The number of nitrogens with zero attached hydrogens (tertiary/aromatic N) is 5. The molecule has 2 aromatic heterocycles. The van der Waals surface area contributed by atoms with Crippen LogP contribution in [0.5, 0.6) is 0 Å². The number of H-pyrrole nitrogens is 1. The van der Waals surface area contributed by atoms with Gasteiger partial charge in [0.15, 0.2) is 10.7 Å². The van der Waals surface area contributed by atoms with Crippen molar-refractivity contribution in [3.8, 4) is 22.5 Å². The number of esters is 1. The maximum absolute atomic E-state index is 13.6. The van der Waals surface area contributed by atoms with Gasteiger partial charge in [-0.2, -0.15) is 5.21 Å². The lowest BCUT2D eigenvalue weighted by Gasteiger charge is -2.32. The molecular weight excluding hydrogens is 550 g/mol. The van der Waals surface area contributed by atoms with Gasteiger partial charge in [0.2, 0.25) is 5.82 Å². The summed E-state index contributed by atoms with van der Waals surface area (Å²) >= 11 is 6.90. The van der Waals surface area contributed by atoms with E-state index in [1.807, 2.05) is 54.6 Å². The molecule has 0 bridgehead atoms. The minimum absolute atomic E-state index is 0.294. The van der Waals surface area contributed by atoms with Crippen molar-refractivity contribution < 1.29 is 9.53 Å². The highest BCUT2D eigenvalue weighted by Gasteiger charge is 2.45.